The van der Waals surface area contributed by atoms with Crippen molar-refractivity contribution in [1.29, 1.82) is 0 Å². The summed E-state index contributed by atoms with van der Waals surface area (Å²) in [6.45, 7) is 2.64. The summed E-state index contributed by atoms with van der Waals surface area (Å²) in [5.74, 6) is -0.417. The minimum Gasteiger partial charge on any atom is -0.338 e. The summed E-state index contributed by atoms with van der Waals surface area (Å²) >= 11 is 6.15. The van der Waals surface area contributed by atoms with Gasteiger partial charge < -0.3 is 5.32 Å². The molecule has 6 heteroatoms. The number of rotatable bonds is 6. The second kappa shape index (κ2) is 9.05. The highest BCUT2D eigenvalue weighted by Crippen LogP contribution is 2.18. The van der Waals surface area contributed by atoms with Gasteiger partial charge in [-0.15, -0.1) is 0 Å². The summed E-state index contributed by atoms with van der Waals surface area (Å²) in [4.78, 5) is 24.1. The normalized spacial score (nSPS) is 11.6. The number of halogens is 1. The lowest BCUT2D eigenvalue weighted by Gasteiger charge is -2.19. The third-order valence-corrected chi connectivity index (χ3v) is 3.79. The molecule has 0 spiro atoms. The van der Waals surface area contributed by atoms with Crippen molar-refractivity contribution in [3.8, 4) is 0 Å². The van der Waals surface area contributed by atoms with Gasteiger partial charge in [-0.05, 0) is 24.1 Å². The molecule has 3 amide bonds. The standard InChI is InChI=1S/C18H20ClN3O2/c1-2-20-18(24)22-17(23)16(13-8-4-3-5-9-13)21-12-14-10-6-7-11-15(14)19/h3-11,16,21H,2,12H2,1H3,(H2,20,22,23,24)/t16-/m1/s1. The molecule has 1 atom stereocenters. The molecule has 2 rings (SSSR count). The van der Waals surface area contributed by atoms with E-state index in [1.165, 1.54) is 0 Å². The van der Waals surface area contributed by atoms with Crippen molar-refractivity contribution >= 4 is 23.5 Å². The Bertz CT molecular complexity index is 692. The van der Waals surface area contributed by atoms with Gasteiger partial charge in [0.1, 0.15) is 6.04 Å². The van der Waals surface area contributed by atoms with Crippen molar-refractivity contribution in [2.24, 2.45) is 0 Å². The summed E-state index contributed by atoms with van der Waals surface area (Å²) in [6.07, 6.45) is 0. The zero-order valence-electron chi connectivity index (χ0n) is 13.4. The summed E-state index contributed by atoms with van der Waals surface area (Å²) < 4.78 is 0. The van der Waals surface area contributed by atoms with E-state index in [9.17, 15) is 9.59 Å². The van der Waals surface area contributed by atoms with Gasteiger partial charge >= 0.3 is 6.03 Å². The van der Waals surface area contributed by atoms with Crippen molar-refractivity contribution in [1.82, 2.24) is 16.0 Å². The number of amides is 3. The molecule has 126 valence electrons. The summed E-state index contributed by atoms with van der Waals surface area (Å²) in [5.41, 5.74) is 1.65. The minimum atomic E-state index is -0.662. The fraction of sp³-hybridized carbons (Fsp3) is 0.222. The Balaban J connectivity index is 2.13. The lowest BCUT2D eigenvalue weighted by molar-refractivity contribution is -0.122. The lowest BCUT2D eigenvalue weighted by atomic mass is 10.1. The van der Waals surface area contributed by atoms with Gasteiger partial charge in [0, 0.05) is 18.1 Å². The van der Waals surface area contributed by atoms with E-state index in [1.807, 2.05) is 48.5 Å². The molecule has 0 heterocycles. The van der Waals surface area contributed by atoms with Crippen LogP contribution < -0.4 is 16.0 Å². The van der Waals surface area contributed by atoms with Crippen LogP contribution in [0.5, 0.6) is 0 Å². The number of benzene rings is 2. The van der Waals surface area contributed by atoms with E-state index >= 15 is 0 Å². The Morgan fingerprint density at radius 1 is 1.04 bits per heavy atom. The average Bonchev–Trinajstić information content (AvgIpc) is 2.58. The highest BCUT2D eigenvalue weighted by Gasteiger charge is 2.22. The Labute approximate surface area is 146 Å². The van der Waals surface area contributed by atoms with Crippen LogP contribution in [0.15, 0.2) is 54.6 Å². The van der Waals surface area contributed by atoms with Crippen LogP contribution in [-0.4, -0.2) is 18.5 Å². The number of hydrogen-bond donors (Lipinski definition) is 3. The van der Waals surface area contributed by atoms with Gasteiger partial charge in [0.25, 0.3) is 0 Å². The molecule has 24 heavy (non-hydrogen) atoms. The second-order valence-electron chi connectivity index (χ2n) is 5.16. The van der Waals surface area contributed by atoms with E-state index in [0.717, 1.165) is 11.1 Å². The van der Waals surface area contributed by atoms with Crippen LogP contribution in [0, 0.1) is 0 Å². The largest absolute Gasteiger partial charge is 0.338 e. The highest BCUT2D eigenvalue weighted by atomic mass is 35.5. The van der Waals surface area contributed by atoms with Crippen LogP contribution in [0.4, 0.5) is 4.79 Å². The Morgan fingerprint density at radius 3 is 2.38 bits per heavy atom. The fourth-order valence-corrected chi connectivity index (χ4v) is 2.45. The molecule has 0 fully saturated rings. The first-order valence-electron chi connectivity index (χ1n) is 7.72. The van der Waals surface area contributed by atoms with E-state index < -0.39 is 18.0 Å². The summed E-state index contributed by atoms with van der Waals surface area (Å²) in [6, 6.07) is 15.5. The van der Waals surface area contributed by atoms with E-state index in [4.69, 9.17) is 11.6 Å². The number of hydrogen-bond acceptors (Lipinski definition) is 3. The molecular formula is C18H20ClN3O2. The number of urea groups is 1. The molecule has 0 bridgehead atoms. The third-order valence-electron chi connectivity index (χ3n) is 3.42. The van der Waals surface area contributed by atoms with Gasteiger partial charge in [-0.25, -0.2) is 4.79 Å². The van der Waals surface area contributed by atoms with Gasteiger partial charge in [0.2, 0.25) is 5.91 Å². The molecule has 2 aromatic rings. The zero-order valence-corrected chi connectivity index (χ0v) is 14.1. The summed E-state index contributed by atoms with van der Waals surface area (Å²) in [7, 11) is 0. The number of nitrogens with one attached hydrogen (secondary N) is 3. The SMILES string of the molecule is CCNC(=O)NC(=O)[C@H](NCc1ccccc1Cl)c1ccccc1. The molecule has 0 aromatic heterocycles. The van der Waals surface area contributed by atoms with Crippen LogP contribution in [0.25, 0.3) is 0 Å². The fourth-order valence-electron chi connectivity index (χ4n) is 2.25. The van der Waals surface area contributed by atoms with Gasteiger partial charge in [0.15, 0.2) is 0 Å². The molecule has 5 nitrogen and oxygen atoms in total. The lowest BCUT2D eigenvalue weighted by Crippen LogP contribution is -2.45. The Hall–Kier alpha value is -2.37. The first-order valence-corrected chi connectivity index (χ1v) is 8.10. The van der Waals surface area contributed by atoms with Gasteiger partial charge in [-0.2, -0.15) is 0 Å². The van der Waals surface area contributed by atoms with Crippen LogP contribution in [0.2, 0.25) is 5.02 Å². The van der Waals surface area contributed by atoms with Gasteiger partial charge in [-0.1, -0.05) is 60.1 Å². The third kappa shape index (κ3) is 5.08. The molecule has 0 unspecified atom stereocenters. The molecular weight excluding hydrogens is 326 g/mol. The highest BCUT2D eigenvalue weighted by molar-refractivity contribution is 6.31. The molecule has 2 aromatic carbocycles. The molecule has 0 saturated carbocycles. The van der Waals surface area contributed by atoms with Crippen molar-refractivity contribution in [2.45, 2.75) is 19.5 Å². The number of carbonyl (C=O) groups is 2. The predicted octanol–water partition coefficient (Wildman–Crippen LogP) is 3.02. The van der Waals surface area contributed by atoms with E-state index in [0.29, 0.717) is 18.1 Å². The summed E-state index contributed by atoms with van der Waals surface area (Å²) in [5, 5.41) is 8.68. The topological polar surface area (TPSA) is 70.2 Å². The van der Waals surface area contributed by atoms with Crippen molar-refractivity contribution < 1.29 is 9.59 Å². The monoisotopic (exact) mass is 345 g/mol. The van der Waals surface area contributed by atoms with Crippen LogP contribution >= 0.6 is 11.6 Å². The molecule has 0 saturated heterocycles. The van der Waals surface area contributed by atoms with Gasteiger partial charge in [-0.3, -0.25) is 15.4 Å². The smallest absolute Gasteiger partial charge is 0.321 e. The molecule has 0 radical (unpaired) electrons. The minimum absolute atomic E-state index is 0.405. The van der Waals surface area contributed by atoms with Gasteiger partial charge in [0.05, 0.1) is 0 Å². The van der Waals surface area contributed by atoms with Crippen molar-refractivity contribution in [3.63, 3.8) is 0 Å². The maximum atomic E-state index is 12.5. The predicted molar refractivity (Wildman–Crippen MR) is 94.7 cm³/mol. The molecule has 0 aliphatic rings. The quantitative estimate of drug-likeness (QED) is 0.753. The van der Waals surface area contributed by atoms with Crippen molar-refractivity contribution in [2.75, 3.05) is 6.54 Å². The zero-order chi connectivity index (χ0) is 17.4. The maximum absolute atomic E-state index is 12.5. The number of imide groups is 1. The average molecular weight is 346 g/mol. The number of carbonyl (C=O) groups excluding carboxylic acids is 2. The van der Waals surface area contributed by atoms with E-state index in [1.54, 1.807) is 13.0 Å². The van der Waals surface area contributed by atoms with E-state index in [-0.39, 0.29) is 0 Å². The first kappa shape index (κ1) is 18.0. The molecule has 3 N–H and O–H groups in total. The molecule has 0 aliphatic carbocycles. The maximum Gasteiger partial charge on any atom is 0.321 e. The van der Waals surface area contributed by atoms with Crippen molar-refractivity contribution in [3.05, 3.63) is 70.7 Å². The second-order valence-corrected chi connectivity index (χ2v) is 5.57. The first-order chi connectivity index (χ1) is 11.6. The molecule has 0 aliphatic heterocycles. The van der Waals surface area contributed by atoms with Crippen LogP contribution in [0.1, 0.15) is 24.1 Å². The Kier molecular flexibility index (Phi) is 6.78. The van der Waals surface area contributed by atoms with Crippen LogP contribution in [0.3, 0.4) is 0 Å². The van der Waals surface area contributed by atoms with Crippen LogP contribution in [-0.2, 0) is 11.3 Å². The Morgan fingerprint density at radius 2 is 1.71 bits per heavy atom. The van der Waals surface area contributed by atoms with E-state index in [2.05, 4.69) is 16.0 Å².